The second-order valence-electron chi connectivity index (χ2n) is 7.22. The molecule has 0 aliphatic carbocycles. The summed E-state index contributed by atoms with van der Waals surface area (Å²) in [7, 11) is 0. The number of carbonyl (C=O) groups is 2. The molecule has 1 atom stereocenters. The van der Waals surface area contributed by atoms with Crippen molar-refractivity contribution in [1.82, 2.24) is 4.98 Å². The highest BCUT2D eigenvalue weighted by Crippen LogP contribution is 2.31. The Balaban J connectivity index is 1.42. The van der Waals surface area contributed by atoms with Gasteiger partial charge in [0.15, 0.2) is 5.13 Å². The van der Waals surface area contributed by atoms with E-state index in [-0.39, 0.29) is 17.7 Å². The smallest absolute Gasteiger partial charge is 0.229 e. The van der Waals surface area contributed by atoms with Crippen molar-refractivity contribution in [2.45, 2.75) is 26.2 Å². The van der Waals surface area contributed by atoms with Gasteiger partial charge in [-0.2, -0.15) is 0 Å². The van der Waals surface area contributed by atoms with Gasteiger partial charge in [-0.3, -0.25) is 9.59 Å². The molecule has 1 aromatic heterocycles. The van der Waals surface area contributed by atoms with Gasteiger partial charge in [-0.05, 0) is 43.2 Å². The van der Waals surface area contributed by atoms with E-state index in [1.165, 1.54) is 4.70 Å². The van der Waals surface area contributed by atoms with E-state index in [0.29, 0.717) is 24.3 Å². The minimum absolute atomic E-state index is 0.00905. The quantitative estimate of drug-likeness (QED) is 0.652. The van der Waals surface area contributed by atoms with E-state index in [4.69, 9.17) is 4.98 Å². The van der Waals surface area contributed by atoms with Gasteiger partial charge in [0, 0.05) is 30.9 Å². The maximum Gasteiger partial charge on any atom is 0.229 e. The van der Waals surface area contributed by atoms with Crippen LogP contribution in [0.1, 0.15) is 26.2 Å². The summed E-state index contributed by atoms with van der Waals surface area (Å²) >= 11 is 1.67. The SMILES string of the molecule is CCC(=O)Nc1cccc(NC(=O)C2CCCN(c3nc4ccccc4s3)C2)c1. The number of anilines is 3. The van der Waals surface area contributed by atoms with Crippen LogP contribution < -0.4 is 15.5 Å². The van der Waals surface area contributed by atoms with Crippen molar-refractivity contribution in [1.29, 1.82) is 0 Å². The number of amides is 2. The van der Waals surface area contributed by atoms with Crippen LogP contribution in [0.4, 0.5) is 16.5 Å². The van der Waals surface area contributed by atoms with E-state index in [1.807, 2.05) is 36.4 Å². The zero-order chi connectivity index (χ0) is 20.2. The van der Waals surface area contributed by atoms with Gasteiger partial charge < -0.3 is 15.5 Å². The van der Waals surface area contributed by atoms with E-state index < -0.39 is 0 Å². The number of thiazole rings is 1. The molecule has 0 saturated carbocycles. The van der Waals surface area contributed by atoms with Gasteiger partial charge in [0.05, 0.1) is 16.1 Å². The number of benzene rings is 2. The van der Waals surface area contributed by atoms with Crippen LogP contribution in [0.2, 0.25) is 0 Å². The molecule has 0 radical (unpaired) electrons. The lowest BCUT2D eigenvalue weighted by molar-refractivity contribution is -0.120. The molecule has 2 N–H and O–H groups in total. The maximum absolute atomic E-state index is 12.9. The second kappa shape index (κ2) is 8.61. The molecule has 2 aromatic carbocycles. The summed E-state index contributed by atoms with van der Waals surface area (Å²) in [6.07, 6.45) is 2.24. The van der Waals surface area contributed by atoms with E-state index in [2.05, 4.69) is 21.6 Å². The first kappa shape index (κ1) is 19.4. The summed E-state index contributed by atoms with van der Waals surface area (Å²) in [5, 5.41) is 6.81. The predicted octanol–water partition coefficient (Wildman–Crippen LogP) is 4.50. The number of nitrogens with one attached hydrogen (secondary N) is 2. The molecule has 0 spiro atoms. The fraction of sp³-hybridized carbons (Fsp3) is 0.318. The van der Waals surface area contributed by atoms with Crippen LogP contribution in [0.25, 0.3) is 10.2 Å². The molecule has 0 bridgehead atoms. The van der Waals surface area contributed by atoms with Crippen molar-refractivity contribution in [3.8, 4) is 0 Å². The van der Waals surface area contributed by atoms with E-state index in [9.17, 15) is 9.59 Å². The van der Waals surface area contributed by atoms with E-state index in [1.54, 1.807) is 24.3 Å². The van der Waals surface area contributed by atoms with Crippen LogP contribution in [-0.2, 0) is 9.59 Å². The average Bonchev–Trinajstić information content (AvgIpc) is 3.18. The summed E-state index contributed by atoms with van der Waals surface area (Å²) in [5.41, 5.74) is 2.39. The van der Waals surface area contributed by atoms with Crippen molar-refractivity contribution >= 4 is 49.9 Å². The third kappa shape index (κ3) is 4.56. The Labute approximate surface area is 173 Å². The van der Waals surface area contributed by atoms with E-state index in [0.717, 1.165) is 30.0 Å². The topological polar surface area (TPSA) is 74.3 Å². The first-order chi connectivity index (χ1) is 14.1. The summed E-state index contributed by atoms with van der Waals surface area (Å²) in [4.78, 5) is 31.4. The Bertz CT molecular complexity index is 999. The van der Waals surface area contributed by atoms with Crippen molar-refractivity contribution in [3.63, 3.8) is 0 Å². The monoisotopic (exact) mass is 408 g/mol. The van der Waals surface area contributed by atoms with E-state index >= 15 is 0 Å². The number of para-hydroxylation sites is 1. The van der Waals surface area contributed by atoms with Gasteiger partial charge >= 0.3 is 0 Å². The molecule has 1 fully saturated rings. The van der Waals surface area contributed by atoms with Crippen molar-refractivity contribution in [3.05, 3.63) is 48.5 Å². The number of hydrogen-bond acceptors (Lipinski definition) is 5. The Hall–Kier alpha value is -2.93. The van der Waals surface area contributed by atoms with Gasteiger partial charge in [-0.15, -0.1) is 0 Å². The Morgan fingerprint density at radius 3 is 2.72 bits per heavy atom. The lowest BCUT2D eigenvalue weighted by Crippen LogP contribution is -2.40. The molecule has 3 aromatic rings. The number of nitrogens with zero attached hydrogens (tertiary/aromatic N) is 2. The lowest BCUT2D eigenvalue weighted by Gasteiger charge is -2.31. The van der Waals surface area contributed by atoms with Crippen LogP contribution in [0, 0.1) is 5.92 Å². The van der Waals surface area contributed by atoms with Crippen LogP contribution in [0.5, 0.6) is 0 Å². The highest BCUT2D eigenvalue weighted by Gasteiger charge is 2.27. The zero-order valence-corrected chi connectivity index (χ0v) is 17.2. The molecule has 1 aliphatic rings. The van der Waals surface area contributed by atoms with Gasteiger partial charge in [-0.25, -0.2) is 4.98 Å². The third-order valence-electron chi connectivity index (χ3n) is 5.08. The van der Waals surface area contributed by atoms with Crippen LogP contribution in [0.3, 0.4) is 0 Å². The summed E-state index contributed by atoms with van der Waals surface area (Å²) in [6, 6.07) is 15.4. The molecule has 1 aliphatic heterocycles. The number of aromatic nitrogens is 1. The maximum atomic E-state index is 12.9. The highest BCUT2D eigenvalue weighted by molar-refractivity contribution is 7.22. The predicted molar refractivity (Wildman–Crippen MR) is 119 cm³/mol. The number of hydrogen-bond donors (Lipinski definition) is 2. The number of carbonyl (C=O) groups excluding carboxylic acids is 2. The molecular formula is C22H24N4O2S. The lowest BCUT2D eigenvalue weighted by atomic mass is 9.97. The minimum atomic E-state index is -0.0929. The van der Waals surface area contributed by atoms with Crippen molar-refractivity contribution in [2.24, 2.45) is 5.92 Å². The second-order valence-corrected chi connectivity index (χ2v) is 8.23. The number of piperidine rings is 1. The Morgan fingerprint density at radius 2 is 1.93 bits per heavy atom. The molecule has 7 heteroatoms. The number of fused-ring (bicyclic) bond motifs is 1. The van der Waals surface area contributed by atoms with Gasteiger partial charge in [0.25, 0.3) is 0 Å². The summed E-state index contributed by atoms with van der Waals surface area (Å²) in [6.45, 7) is 3.39. The van der Waals surface area contributed by atoms with Gasteiger partial charge in [0.2, 0.25) is 11.8 Å². The summed E-state index contributed by atoms with van der Waals surface area (Å²) in [5.74, 6) is -0.133. The first-order valence-electron chi connectivity index (χ1n) is 9.93. The van der Waals surface area contributed by atoms with Gasteiger partial charge in [0.1, 0.15) is 0 Å². The fourth-order valence-electron chi connectivity index (χ4n) is 3.53. The van der Waals surface area contributed by atoms with Crippen molar-refractivity contribution < 1.29 is 9.59 Å². The third-order valence-corrected chi connectivity index (χ3v) is 6.18. The molecule has 1 saturated heterocycles. The molecule has 2 heterocycles. The van der Waals surface area contributed by atoms with Crippen molar-refractivity contribution in [2.75, 3.05) is 28.6 Å². The Morgan fingerprint density at radius 1 is 1.14 bits per heavy atom. The molecule has 2 amide bonds. The Kier molecular flexibility index (Phi) is 5.76. The molecule has 29 heavy (non-hydrogen) atoms. The molecule has 6 nitrogen and oxygen atoms in total. The first-order valence-corrected chi connectivity index (χ1v) is 10.8. The van der Waals surface area contributed by atoms with Crippen LogP contribution >= 0.6 is 11.3 Å². The molecule has 4 rings (SSSR count). The molecular weight excluding hydrogens is 384 g/mol. The average molecular weight is 409 g/mol. The zero-order valence-electron chi connectivity index (χ0n) is 16.4. The highest BCUT2D eigenvalue weighted by atomic mass is 32.1. The van der Waals surface area contributed by atoms with Gasteiger partial charge in [-0.1, -0.05) is 36.5 Å². The normalized spacial score (nSPS) is 16.6. The van der Waals surface area contributed by atoms with Crippen LogP contribution in [0.15, 0.2) is 48.5 Å². The molecule has 150 valence electrons. The van der Waals surface area contributed by atoms with Crippen LogP contribution in [-0.4, -0.2) is 29.9 Å². The standard InChI is InChI=1S/C22H24N4O2S/c1-2-20(27)23-16-8-5-9-17(13-16)24-21(28)15-7-6-12-26(14-15)22-25-18-10-3-4-11-19(18)29-22/h3-5,8-11,13,15H,2,6-7,12,14H2,1H3,(H,23,27)(H,24,28). The summed E-state index contributed by atoms with van der Waals surface area (Å²) < 4.78 is 1.17. The number of rotatable bonds is 5. The molecule has 1 unspecified atom stereocenters. The largest absolute Gasteiger partial charge is 0.347 e. The minimum Gasteiger partial charge on any atom is -0.347 e. The fourth-order valence-corrected chi connectivity index (χ4v) is 4.53.